The van der Waals surface area contributed by atoms with E-state index in [0.717, 1.165) is 60.6 Å². The lowest BCUT2D eigenvalue weighted by Gasteiger charge is -2.30. The number of piperidine rings is 1. The lowest BCUT2D eigenvalue weighted by Crippen LogP contribution is -2.29. The Hall–Kier alpha value is -3.02. The molecule has 27 heavy (non-hydrogen) atoms. The zero-order valence-electron chi connectivity index (χ0n) is 14.7. The van der Waals surface area contributed by atoms with E-state index in [1.165, 1.54) is 6.42 Å². The molecule has 1 aromatic heterocycles. The third-order valence-corrected chi connectivity index (χ3v) is 4.91. The number of benzene rings is 2. The Balaban J connectivity index is 1.70. The minimum atomic E-state index is -0.763. The van der Waals surface area contributed by atoms with E-state index in [1.54, 1.807) is 18.5 Å². The third kappa shape index (κ3) is 3.47. The molecule has 0 aliphatic carbocycles. The number of halogens is 2. The van der Waals surface area contributed by atoms with Crippen LogP contribution in [-0.4, -0.2) is 24.0 Å². The summed E-state index contributed by atoms with van der Waals surface area (Å²) in [4.78, 5) is 19.0. The molecule has 138 valence electrons. The first-order valence-corrected chi connectivity index (χ1v) is 9.01. The topological polar surface area (TPSA) is 45.2 Å². The number of nitrogens with one attached hydrogen (secondary N) is 1. The Kier molecular flexibility index (Phi) is 4.71. The summed E-state index contributed by atoms with van der Waals surface area (Å²) in [6.45, 7) is 2.00. The van der Waals surface area contributed by atoms with Crippen molar-refractivity contribution in [2.24, 2.45) is 0 Å². The normalized spacial score (nSPS) is 14.4. The van der Waals surface area contributed by atoms with E-state index in [1.807, 2.05) is 12.1 Å². The fourth-order valence-corrected chi connectivity index (χ4v) is 3.55. The van der Waals surface area contributed by atoms with Crippen LogP contribution in [0, 0.1) is 11.6 Å². The first-order valence-electron chi connectivity index (χ1n) is 9.01. The molecule has 0 atom stereocenters. The van der Waals surface area contributed by atoms with Crippen molar-refractivity contribution in [2.45, 2.75) is 19.3 Å². The van der Waals surface area contributed by atoms with Crippen LogP contribution in [0.2, 0.25) is 0 Å². The van der Waals surface area contributed by atoms with Gasteiger partial charge in [-0.05, 0) is 55.7 Å². The van der Waals surface area contributed by atoms with Crippen LogP contribution in [0.5, 0.6) is 0 Å². The number of pyridine rings is 1. The highest BCUT2D eigenvalue weighted by atomic mass is 19.1. The minimum Gasteiger partial charge on any atom is -0.371 e. The zero-order chi connectivity index (χ0) is 18.8. The van der Waals surface area contributed by atoms with Crippen molar-refractivity contribution in [3.63, 3.8) is 0 Å². The van der Waals surface area contributed by atoms with E-state index >= 15 is 0 Å². The first-order chi connectivity index (χ1) is 13.1. The van der Waals surface area contributed by atoms with Crippen LogP contribution in [0.1, 0.15) is 29.6 Å². The maximum absolute atomic E-state index is 13.9. The number of hydrogen-bond donors (Lipinski definition) is 1. The van der Waals surface area contributed by atoms with Crippen molar-refractivity contribution < 1.29 is 13.6 Å². The number of carbonyl (C=O) groups is 1. The summed E-state index contributed by atoms with van der Waals surface area (Å²) >= 11 is 0. The lowest BCUT2D eigenvalue weighted by molar-refractivity contribution is 0.102. The standard InChI is InChI=1S/C21H19F2N3O/c22-14-4-5-18(23)16(12-14)21(27)25-19-6-7-20(26-10-2-1-3-11-26)15-8-9-24-13-17(15)19/h4-9,12-13H,1-3,10-11H2,(H,25,27). The van der Waals surface area contributed by atoms with Gasteiger partial charge in [0.05, 0.1) is 11.3 Å². The third-order valence-electron chi connectivity index (χ3n) is 4.91. The second-order valence-corrected chi connectivity index (χ2v) is 6.68. The molecule has 2 heterocycles. The van der Waals surface area contributed by atoms with Gasteiger partial charge >= 0.3 is 0 Å². The van der Waals surface area contributed by atoms with E-state index in [2.05, 4.69) is 15.2 Å². The maximum Gasteiger partial charge on any atom is 0.258 e. The smallest absolute Gasteiger partial charge is 0.258 e. The average Bonchev–Trinajstić information content (AvgIpc) is 2.70. The fraction of sp³-hybridized carbons (Fsp3) is 0.238. The Labute approximate surface area is 155 Å². The molecule has 0 saturated carbocycles. The number of carbonyl (C=O) groups excluding carboxylic acids is 1. The second kappa shape index (κ2) is 7.31. The predicted octanol–water partition coefficient (Wildman–Crippen LogP) is 4.76. The molecule has 1 saturated heterocycles. The summed E-state index contributed by atoms with van der Waals surface area (Å²) in [5.74, 6) is -2.11. The predicted molar refractivity (Wildman–Crippen MR) is 102 cm³/mol. The largest absolute Gasteiger partial charge is 0.371 e. The van der Waals surface area contributed by atoms with Crippen LogP contribution < -0.4 is 10.2 Å². The summed E-state index contributed by atoms with van der Waals surface area (Å²) in [6, 6.07) is 8.50. The fourth-order valence-electron chi connectivity index (χ4n) is 3.55. The first kappa shape index (κ1) is 17.4. The van der Waals surface area contributed by atoms with Crippen LogP contribution in [0.15, 0.2) is 48.8 Å². The molecule has 2 aromatic carbocycles. The van der Waals surface area contributed by atoms with E-state index in [-0.39, 0.29) is 5.56 Å². The van der Waals surface area contributed by atoms with Gasteiger partial charge < -0.3 is 10.2 Å². The van der Waals surface area contributed by atoms with Gasteiger partial charge in [0, 0.05) is 41.9 Å². The van der Waals surface area contributed by atoms with Gasteiger partial charge in [0.1, 0.15) is 11.6 Å². The molecule has 1 amide bonds. The molecule has 1 fully saturated rings. The number of fused-ring (bicyclic) bond motifs is 1. The van der Waals surface area contributed by atoms with Crippen molar-refractivity contribution in [1.82, 2.24) is 4.98 Å². The highest BCUT2D eigenvalue weighted by Crippen LogP contribution is 2.33. The molecule has 1 N–H and O–H groups in total. The van der Waals surface area contributed by atoms with Crippen molar-refractivity contribution in [3.05, 3.63) is 66.0 Å². The number of amides is 1. The van der Waals surface area contributed by atoms with E-state index in [0.29, 0.717) is 5.69 Å². The summed E-state index contributed by atoms with van der Waals surface area (Å²) in [7, 11) is 0. The molecule has 0 radical (unpaired) electrons. The van der Waals surface area contributed by atoms with E-state index in [4.69, 9.17) is 0 Å². The van der Waals surface area contributed by atoms with Crippen molar-refractivity contribution in [1.29, 1.82) is 0 Å². The molecule has 6 heteroatoms. The van der Waals surface area contributed by atoms with Gasteiger partial charge in [-0.15, -0.1) is 0 Å². The Morgan fingerprint density at radius 2 is 1.81 bits per heavy atom. The SMILES string of the molecule is O=C(Nc1ccc(N2CCCCC2)c2ccncc12)c1cc(F)ccc1F. The Morgan fingerprint density at radius 1 is 1.00 bits per heavy atom. The number of hydrogen-bond acceptors (Lipinski definition) is 3. The lowest BCUT2D eigenvalue weighted by atomic mass is 10.0. The van der Waals surface area contributed by atoms with Gasteiger partial charge in [0.2, 0.25) is 0 Å². The molecule has 1 aliphatic heterocycles. The summed E-state index contributed by atoms with van der Waals surface area (Å²) in [5, 5.41) is 4.44. The van der Waals surface area contributed by atoms with E-state index < -0.39 is 17.5 Å². The Bertz CT molecular complexity index is 1000. The monoisotopic (exact) mass is 367 g/mol. The molecule has 0 spiro atoms. The quantitative estimate of drug-likeness (QED) is 0.726. The number of nitrogens with zero attached hydrogens (tertiary/aromatic N) is 2. The van der Waals surface area contributed by atoms with Gasteiger partial charge in [0.25, 0.3) is 5.91 Å². The summed E-state index contributed by atoms with van der Waals surface area (Å²) < 4.78 is 27.3. The molecule has 4 rings (SSSR count). The van der Waals surface area contributed by atoms with Gasteiger partial charge in [-0.1, -0.05) is 0 Å². The molecule has 3 aromatic rings. The van der Waals surface area contributed by atoms with Gasteiger partial charge in [-0.25, -0.2) is 8.78 Å². The van der Waals surface area contributed by atoms with Crippen LogP contribution >= 0.6 is 0 Å². The summed E-state index contributed by atoms with van der Waals surface area (Å²) in [6.07, 6.45) is 6.95. The van der Waals surface area contributed by atoms with Crippen molar-refractivity contribution >= 4 is 28.1 Å². The van der Waals surface area contributed by atoms with E-state index in [9.17, 15) is 13.6 Å². The van der Waals surface area contributed by atoms with Gasteiger partial charge in [-0.2, -0.15) is 0 Å². The molecule has 4 nitrogen and oxygen atoms in total. The zero-order valence-corrected chi connectivity index (χ0v) is 14.7. The molecular formula is C21H19F2N3O. The molecule has 0 bridgehead atoms. The minimum absolute atomic E-state index is 0.327. The van der Waals surface area contributed by atoms with Gasteiger partial charge in [0.15, 0.2) is 0 Å². The van der Waals surface area contributed by atoms with Crippen LogP contribution in [0.25, 0.3) is 10.8 Å². The molecular weight excluding hydrogens is 348 g/mol. The van der Waals surface area contributed by atoms with Crippen LogP contribution in [0.3, 0.4) is 0 Å². The summed E-state index contributed by atoms with van der Waals surface area (Å²) in [5.41, 5.74) is 1.29. The maximum atomic E-state index is 13.9. The Morgan fingerprint density at radius 3 is 2.63 bits per heavy atom. The average molecular weight is 367 g/mol. The number of aromatic nitrogens is 1. The van der Waals surface area contributed by atoms with Crippen LogP contribution in [0.4, 0.5) is 20.2 Å². The molecule has 1 aliphatic rings. The second-order valence-electron chi connectivity index (χ2n) is 6.68. The van der Waals surface area contributed by atoms with Crippen molar-refractivity contribution in [3.8, 4) is 0 Å². The highest BCUT2D eigenvalue weighted by Gasteiger charge is 2.18. The highest BCUT2D eigenvalue weighted by molar-refractivity contribution is 6.11. The van der Waals surface area contributed by atoms with Crippen LogP contribution in [-0.2, 0) is 0 Å². The van der Waals surface area contributed by atoms with Crippen molar-refractivity contribution in [2.75, 3.05) is 23.3 Å². The number of rotatable bonds is 3. The van der Waals surface area contributed by atoms with Gasteiger partial charge in [-0.3, -0.25) is 9.78 Å². The number of anilines is 2. The molecule has 0 unspecified atom stereocenters.